The number of methoxy groups -OCH3 is 1. The number of aromatic hydroxyl groups is 1. The Morgan fingerprint density at radius 2 is 2.41 bits per heavy atom. The molecule has 1 aromatic heterocycles. The molecule has 0 spiro atoms. The van der Waals surface area contributed by atoms with Crippen LogP contribution < -0.4 is 10.1 Å². The lowest BCUT2D eigenvalue weighted by Crippen LogP contribution is -2.24. The van der Waals surface area contributed by atoms with Crippen LogP contribution in [0.3, 0.4) is 0 Å². The van der Waals surface area contributed by atoms with Crippen molar-refractivity contribution in [3.63, 3.8) is 0 Å². The summed E-state index contributed by atoms with van der Waals surface area (Å²) < 4.78 is 4.86. The minimum atomic E-state index is -0.523. The Morgan fingerprint density at radius 3 is 3.06 bits per heavy atom. The number of amides is 1. The van der Waals surface area contributed by atoms with Crippen LogP contribution in [0, 0.1) is 11.8 Å². The Labute approximate surface area is 104 Å². The first-order valence-electron chi connectivity index (χ1n) is 4.72. The lowest BCUT2D eigenvalue weighted by Gasteiger charge is -2.06. The molecule has 2 N–H and O–H groups in total. The Bertz CT molecular complexity index is 466. The number of ether oxygens (including phenoxy) is 1. The number of nitrogens with zero attached hydrogens (tertiary/aromatic N) is 1. The van der Waals surface area contributed by atoms with Gasteiger partial charge in [-0.2, -0.15) is 0 Å². The fourth-order valence-corrected chi connectivity index (χ4v) is 1.18. The third kappa shape index (κ3) is 3.54. The fourth-order valence-electron chi connectivity index (χ4n) is 1.09. The fraction of sp³-hybridized carbons (Fsp3) is 0.273. The van der Waals surface area contributed by atoms with E-state index in [2.05, 4.69) is 22.1 Å². The van der Waals surface area contributed by atoms with Crippen LogP contribution in [-0.2, 0) is 0 Å². The quantitative estimate of drug-likeness (QED) is 0.617. The molecule has 1 aromatic rings. The molecule has 5 nitrogen and oxygen atoms in total. The van der Waals surface area contributed by atoms with Crippen molar-refractivity contribution in [1.29, 1.82) is 0 Å². The van der Waals surface area contributed by atoms with E-state index in [0.717, 1.165) is 0 Å². The largest absolute Gasteiger partial charge is 0.503 e. The number of rotatable bonds is 3. The van der Waals surface area contributed by atoms with Crippen LogP contribution in [0.2, 0.25) is 0 Å². The topological polar surface area (TPSA) is 71.5 Å². The standard InChI is InChI=1S/C11H11ClN2O3/c1-17-8-4-7-13-9(10(8)15)11(16)14-6-3-2-5-12/h4,7,15H,5-6H2,1H3,(H,14,16). The van der Waals surface area contributed by atoms with Crippen molar-refractivity contribution >= 4 is 17.5 Å². The number of hydrogen-bond acceptors (Lipinski definition) is 4. The molecule has 0 unspecified atom stereocenters. The third-order valence-corrected chi connectivity index (χ3v) is 1.99. The Morgan fingerprint density at radius 1 is 1.65 bits per heavy atom. The minimum absolute atomic E-state index is 0.1000. The Hall–Kier alpha value is -1.93. The van der Waals surface area contributed by atoms with E-state index in [1.807, 2.05) is 0 Å². The number of nitrogens with one attached hydrogen (secondary N) is 1. The van der Waals surface area contributed by atoms with Crippen molar-refractivity contribution in [3.8, 4) is 23.3 Å². The van der Waals surface area contributed by atoms with Crippen LogP contribution in [0.4, 0.5) is 0 Å². The van der Waals surface area contributed by atoms with E-state index in [-0.39, 0.29) is 29.6 Å². The molecule has 90 valence electrons. The maximum Gasteiger partial charge on any atom is 0.274 e. The molecule has 0 radical (unpaired) electrons. The minimum Gasteiger partial charge on any atom is -0.503 e. The molecule has 1 amide bonds. The number of halogens is 1. The highest BCUT2D eigenvalue weighted by atomic mass is 35.5. The van der Waals surface area contributed by atoms with Crippen LogP contribution in [0.15, 0.2) is 12.3 Å². The molecule has 6 heteroatoms. The molecule has 0 aromatic carbocycles. The van der Waals surface area contributed by atoms with E-state index in [0.29, 0.717) is 0 Å². The highest BCUT2D eigenvalue weighted by Crippen LogP contribution is 2.27. The zero-order valence-electron chi connectivity index (χ0n) is 9.16. The number of alkyl halides is 1. The average Bonchev–Trinajstić information content (AvgIpc) is 2.34. The number of aromatic nitrogens is 1. The summed E-state index contributed by atoms with van der Waals surface area (Å²) in [5, 5.41) is 12.1. The molecule has 0 aliphatic carbocycles. The summed E-state index contributed by atoms with van der Waals surface area (Å²) in [5.41, 5.74) is -0.1000. The first kappa shape index (κ1) is 13.1. The summed E-state index contributed by atoms with van der Waals surface area (Å²) >= 11 is 5.34. The smallest absolute Gasteiger partial charge is 0.274 e. The van der Waals surface area contributed by atoms with Crippen LogP contribution in [0.5, 0.6) is 11.5 Å². The van der Waals surface area contributed by atoms with Gasteiger partial charge in [0.25, 0.3) is 5.91 Å². The maximum absolute atomic E-state index is 11.6. The van der Waals surface area contributed by atoms with Gasteiger partial charge in [-0.3, -0.25) is 4.79 Å². The Kier molecular flexibility index (Phi) is 5.11. The molecule has 0 saturated heterocycles. The normalized spacial score (nSPS) is 9.06. The predicted octanol–water partition coefficient (Wildman–Crippen LogP) is 0.768. The highest BCUT2D eigenvalue weighted by Gasteiger charge is 2.15. The summed E-state index contributed by atoms with van der Waals surface area (Å²) in [6.45, 7) is 0.143. The van der Waals surface area contributed by atoms with Gasteiger partial charge in [-0.25, -0.2) is 4.98 Å². The molecular formula is C11H11ClN2O3. The first-order valence-corrected chi connectivity index (χ1v) is 5.26. The number of carbonyl (C=O) groups excluding carboxylic acids is 1. The van der Waals surface area contributed by atoms with E-state index in [1.165, 1.54) is 19.4 Å². The summed E-state index contributed by atoms with van der Waals surface area (Å²) in [6, 6.07) is 1.46. The number of hydrogen-bond donors (Lipinski definition) is 2. The third-order valence-electron chi connectivity index (χ3n) is 1.85. The van der Waals surface area contributed by atoms with Gasteiger partial charge in [-0.05, 0) is 0 Å². The van der Waals surface area contributed by atoms with Crippen LogP contribution in [0.25, 0.3) is 0 Å². The zero-order valence-corrected chi connectivity index (χ0v) is 9.91. The summed E-state index contributed by atoms with van der Waals surface area (Å²) in [6.07, 6.45) is 1.37. The van der Waals surface area contributed by atoms with Gasteiger partial charge in [0.2, 0.25) is 0 Å². The van der Waals surface area contributed by atoms with Crippen LogP contribution in [-0.4, -0.2) is 35.5 Å². The predicted molar refractivity (Wildman–Crippen MR) is 63.3 cm³/mol. The molecule has 1 heterocycles. The van der Waals surface area contributed by atoms with Gasteiger partial charge >= 0.3 is 0 Å². The summed E-state index contributed by atoms with van der Waals surface area (Å²) in [5.74, 6) is 4.80. The molecular weight excluding hydrogens is 244 g/mol. The van der Waals surface area contributed by atoms with Gasteiger partial charge in [0.15, 0.2) is 17.2 Å². The zero-order chi connectivity index (χ0) is 12.7. The van der Waals surface area contributed by atoms with Gasteiger partial charge in [0.1, 0.15) is 0 Å². The van der Waals surface area contributed by atoms with E-state index < -0.39 is 5.91 Å². The van der Waals surface area contributed by atoms with Gasteiger partial charge in [0.05, 0.1) is 19.5 Å². The monoisotopic (exact) mass is 254 g/mol. The number of pyridine rings is 1. The van der Waals surface area contributed by atoms with Gasteiger partial charge in [-0.15, -0.1) is 11.6 Å². The second kappa shape index (κ2) is 6.61. The molecule has 0 bridgehead atoms. The van der Waals surface area contributed by atoms with Crippen molar-refractivity contribution in [1.82, 2.24) is 10.3 Å². The van der Waals surface area contributed by atoms with E-state index in [4.69, 9.17) is 16.3 Å². The highest BCUT2D eigenvalue weighted by molar-refractivity contribution is 6.19. The van der Waals surface area contributed by atoms with Crippen molar-refractivity contribution in [3.05, 3.63) is 18.0 Å². The van der Waals surface area contributed by atoms with Gasteiger partial charge in [0, 0.05) is 12.3 Å². The van der Waals surface area contributed by atoms with E-state index in [9.17, 15) is 9.90 Å². The van der Waals surface area contributed by atoms with Crippen molar-refractivity contribution in [2.45, 2.75) is 0 Å². The summed E-state index contributed by atoms with van der Waals surface area (Å²) in [7, 11) is 1.39. The second-order valence-corrected chi connectivity index (χ2v) is 3.15. The molecule has 0 aliphatic heterocycles. The molecule has 0 aliphatic rings. The molecule has 17 heavy (non-hydrogen) atoms. The molecule has 1 rings (SSSR count). The lowest BCUT2D eigenvalue weighted by molar-refractivity contribution is 0.0950. The molecule has 0 atom stereocenters. The second-order valence-electron chi connectivity index (χ2n) is 2.88. The van der Waals surface area contributed by atoms with Gasteiger partial charge in [-0.1, -0.05) is 11.8 Å². The van der Waals surface area contributed by atoms with Crippen molar-refractivity contribution < 1.29 is 14.6 Å². The maximum atomic E-state index is 11.6. The van der Waals surface area contributed by atoms with E-state index >= 15 is 0 Å². The lowest BCUT2D eigenvalue weighted by atomic mass is 10.3. The number of carbonyl (C=O) groups is 1. The van der Waals surface area contributed by atoms with Crippen LogP contribution in [0.1, 0.15) is 10.5 Å². The molecule has 0 saturated carbocycles. The van der Waals surface area contributed by atoms with Crippen LogP contribution >= 0.6 is 11.6 Å². The van der Waals surface area contributed by atoms with E-state index in [1.54, 1.807) is 0 Å². The SMILES string of the molecule is COc1ccnc(C(=O)NCC#CCCl)c1O. The van der Waals surface area contributed by atoms with Gasteiger partial charge < -0.3 is 15.2 Å². The Balaban J connectivity index is 2.75. The molecule has 0 fully saturated rings. The first-order chi connectivity index (χ1) is 8.20. The average molecular weight is 255 g/mol. The summed E-state index contributed by atoms with van der Waals surface area (Å²) in [4.78, 5) is 15.4. The van der Waals surface area contributed by atoms with Crippen molar-refractivity contribution in [2.75, 3.05) is 19.5 Å². The van der Waals surface area contributed by atoms with Crippen molar-refractivity contribution in [2.24, 2.45) is 0 Å².